The Labute approximate surface area is 102 Å². The van der Waals surface area contributed by atoms with Crippen molar-refractivity contribution in [2.75, 3.05) is 19.6 Å². The van der Waals surface area contributed by atoms with E-state index in [-0.39, 0.29) is 17.6 Å². The first-order valence-electron chi connectivity index (χ1n) is 5.86. The summed E-state index contributed by atoms with van der Waals surface area (Å²) in [4.78, 5) is 13.9. The van der Waals surface area contributed by atoms with Gasteiger partial charge in [-0.05, 0) is 37.6 Å². The number of phenols is 1. The Kier molecular flexibility index (Phi) is 4.97. The second-order valence-corrected chi connectivity index (χ2v) is 4.23. The lowest BCUT2D eigenvalue weighted by atomic mass is 10.1. The number of aromatic hydroxyl groups is 1. The summed E-state index contributed by atoms with van der Waals surface area (Å²) >= 11 is 0. The van der Waals surface area contributed by atoms with Crippen molar-refractivity contribution in [3.8, 4) is 5.75 Å². The summed E-state index contributed by atoms with van der Waals surface area (Å²) in [6.45, 7) is 5.78. The highest BCUT2D eigenvalue weighted by Crippen LogP contribution is 2.13. The molecule has 1 aromatic rings. The van der Waals surface area contributed by atoms with E-state index in [0.29, 0.717) is 25.2 Å². The number of benzene rings is 1. The molecule has 0 radical (unpaired) electrons. The molecule has 0 saturated carbocycles. The fraction of sp³-hybridized carbons (Fsp3) is 0.462. The number of phenolic OH excluding ortho intramolecular Hbond substituents is 1. The van der Waals surface area contributed by atoms with Crippen molar-refractivity contribution in [3.63, 3.8) is 0 Å². The highest BCUT2D eigenvalue weighted by atomic mass is 16.3. The van der Waals surface area contributed by atoms with Gasteiger partial charge < -0.3 is 15.7 Å². The monoisotopic (exact) mass is 236 g/mol. The van der Waals surface area contributed by atoms with Gasteiger partial charge in [-0.25, -0.2) is 0 Å². The summed E-state index contributed by atoms with van der Waals surface area (Å²) in [7, 11) is 0. The molecule has 94 valence electrons. The average Bonchev–Trinajstić information content (AvgIpc) is 2.34. The fourth-order valence-corrected chi connectivity index (χ4v) is 1.63. The van der Waals surface area contributed by atoms with E-state index in [9.17, 15) is 9.90 Å². The minimum atomic E-state index is -0.0660. The Morgan fingerprint density at radius 2 is 2.24 bits per heavy atom. The van der Waals surface area contributed by atoms with Gasteiger partial charge in [-0.2, -0.15) is 0 Å². The molecule has 0 fully saturated rings. The Balaban J connectivity index is 2.79. The van der Waals surface area contributed by atoms with Crippen molar-refractivity contribution >= 4 is 5.91 Å². The molecule has 0 aliphatic carbocycles. The van der Waals surface area contributed by atoms with Crippen molar-refractivity contribution < 1.29 is 9.90 Å². The zero-order valence-electron chi connectivity index (χ0n) is 10.4. The lowest BCUT2D eigenvalue weighted by Crippen LogP contribution is -2.36. The van der Waals surface area contributed by atoms with E-state index in [0.717, 1.165) is 0 Å². The van der Waals surface area contributed by atoms with Gasteiger partial charge in [-0.15, -0.1) is 0 Å². The zero-order chi connectivity index (χ0) is 12.8. The Bertz CT molecular complexity index is 379. The van der Waals surface area contributed by atoms with Crippen molar-refractivity contribution in [1.82, 2.24) is 4.90 Å². The van der Waals surface area contributed by atoms with Crippen molar-refractivity contribution in [2.45, 2.75) is 13.8 Å². The highest BCUT2D eigenvalue weighted by Gasteiger charge is 2.16. The van der Waals surface area contributed by atoms with Crippen LogP contribution < -0.4 is 5.73 Å². The van der Waals surface area contributed by atoms with Crippen LogP contribution in [0.25, 0.3) is 0 Å². The molecule has 0 aliphatic rings. The predicted molar refractivity (Wildman–Crippen MR) is 67.9 cm³/mol. The molecular formula is C13H20N2O2. The van der Waals surface area contributed by atoms with E-state index >= 15 is 0 Å². The van der Waals surface area contributed by atoms with E-state index in [1.54, 1.807) is 23.1 Å². The van der Waals surface area contributed by atoms with E-state index in [4.69, 9.17) is 5.73 Å². The van der Waals surface area contributed by atoms with Gasteiger partial charge in [0.2, 0.25) is 0 Å². The first kappa shape index (κ1) is 13.5. The van der Waals surface area contributed by atoms with Gasteiger partial charge in [0.05, 0.1) is 0 Å². The number of carbonyl (C=O) groups excluding carboxylic acids is 1. The van der Waals surface area contributed by atoms with Gasteiger partial charge >= 0.3 is 0 Å². The normalized spacial score (nSPS) is 12.2. The first-order chi connectivity index (χ1) is 8.08. The van der Waals surface area contributed by atoms with Crippen LogP contribution in [0.1, 0.15) is 24.2 Å². The van der Waals surface area contributed by atoms with Crippen LogP contribution in [0.4, 0.5) is 0 Å². The maximum atomic E-state index is 12.2. The Morgan fingerprint density at radius 3 is 2.76 bits per heavy atom. The third-order valence-electron chi connectivity index (χ3n) is 2.70. The minimum Gasteiger partial charge on any atom is -0.508 e. The molecule has 4 nitrogen and oxygen atoms in total. The van der Waals surface area contributed by atoms with Gasteiger partial charge in [-0.1, -0.05) is 13.0 Å². The quantitative estimate of drug-likeness (QED) is 0.813. The van der Waals surface area contributed by atoms with E-state index in [1.807, 2.05) is 13.8 Å². The second kappa shape index (κ2) is 6.25. The summed E-state index contributed by atoms with van der Waals surface area (Å²) in [5, 5.41) is 9.35. The van der Waals surface area contributed by atoms with Gasteiger partial charge in [0.1, 0.15) is 5.75 Å². The van der Waals surface area contributed by atoms with E-state index in [1.165, 1.54) is 6.07 Å². The molecule has 0 aromatic heterocycles. The average molecular weight is 236 g/mol. The lowest BCUT2D eigenvalue weighted by molar-refractivity contribution is 0.0743. The molecule has 1 rings (SSSR count). The van der Waals surface area contributed by atoms with Crippen LogP contribution in [0.2, 0.25) is 0 Å². The molecule has 0 heterocycles. The molecule has 0 saturated heterocycles. The first-order valence-corrected chi connectivity index (χ1v) is 5.86. The molecule has 1 aromatic carbocycles. The minimum absolute atomic E-state index is 0.0660. The number of hydrogen-bond acceptors (Lipinski definition) is 3. The molecule has 0 spiro atoms. The molecule has 1 atom stereocenters. The third-order valence-corrected chi connectivity index (χ3v) is 2.70. The molecule has 1 unspecified atom stereocenters. The molecular weight excluding hydrogens is 216 g/mol. The van der Waals surface area contributed by atoms with Gasteiger partial charge in [0.15, 0.2) is 0 Å². The maximum Gasteiger partial charge on any atom is 0.253 e. The largest absolute Gasteiger partial charge is 0.508 e. The van der Waals surface area contributed by atoms with Gasteiger partial charge in [-0.3, -0.25) is 4.79 Å². The van der Waals surface area contributed by atoms with Crippen LogP contribution in [-0.4, -0.2) is 35.5 Å². The molecule has 3 N–H and O–H groups in total. The van der Waals surface area contributed by atoms with Crippen LogP contribution in [-0.2, 0) is 0 Å². The Hall–Kier alpha value is -1.55. The van der Waals surface area contributed by atoms with Crippen LogP contribution in [0.5, 0.6) is 5.75 Å². The van der Waals surface area contributed by atoms with Crippen molar-refractivity contribution in [3.05, 3.63) is 29.8 Å². The highest BCUT2D eigenvalue weighted by molar-refractivity contribution is 5.94. The zero-order valence-corrected chi connectivity index (χ0v) is 10.4. The van der Waals surface area contributed by atoms with Gasteiger partial charge in [0.25, 0.3) is 5.91 Å². The van der Waals surface area contributed by atoms with E-state index in [2.05, 4.69) is 0 Å². The number of rotatable bonds is 5. The van der Waals surface area contributed by atoms with E-state index < -0.39 is 0 Å². The fourth-order valence-electron chi connectivity index (χ4n) is 1.63. The molecule has 0 aliphatic heterocycles. The number of hydrogen-bond donors (Lipinski definition) is 2. The summed E-state index contributed by atoms with van der Waals surface area (Å²) in [5.41, 5.74) is 6.07. The summed E-state index contributed by atoms with van der Waals surface area (Å²) < 4.78 is 0. The standard InChI is InChI=1S/C13H20N2O2/c1-3-15(9-10(2)8-14)13(17)11-5-4-6-12(16)7-11/h4-7,10,16H,3,8-9,14H2,1-2H3. The molecule has 0 bridgehead atoms. The third kappa shape index (κ3) is 3.75. The predicted octanol–water partition coefficient (Wildman–Crippen LogP) is 1.45. The number of carbonyl (C=O) groups is 1. The SMILES string of the molecule is CCN(CC(C)CN)C(=O)c1cccc(O)c1. The smallest absolute Gasteiger partial charge is 0.253 e. The van der Waals surface area contributed by atoms with Crippen molar-refractivity contribution in [1.29, 1.82) is 0 Å². The Morgan fingerprint density at radius 1 is 1.53 bits per heavy atom. The topological polar surface area (TPSA) is 66.6 Å². The van der Waals surface area contributed by atoms with Crippen LogP contribution >= 0.6 is 0 Å². The molecule has 4 heteroatoms. The maximum absolute atomic E-state index is 12.2. The number of nitrogens with two attached hydrogens (primary N) is 1. The van der Waals surface area contributed by atoms with Crippen LogP contribution in [0.15, 0.2) is 24.3 Å². The van der Waals surface area contributed by atoms with Crippen molar-refractivity contribution in [2.24, 2.45) is 11.7 Å². The summed E-state index contributed by atoms with van der Waals surface area (Å²) in [6, 6.07) is 6.41. The number of amides is 1. The molecule has 1 amide bonds. The molecule has 17 heavy (non-hydrogen) atoms. The number of nitrogens with zero attached hydrogens (tertiary/aromatic N) is 1. The summed E-state index contributed by atoms with van der Waals surface area (Å²) in [6.07, 6.45) is 0. The van der Waals surface area contributed by atoms with Crippen LogP contribution in [0.3, 0.4) is 0 Å². The van der Waals surface area contributed by atoms with Crippen LogP contribution in [0, 0.1) is 5.92 Å². The lowest BCUT2D eigenvalue weighted by Gasteiger charge is -2.24. The summed E-state index contributed by atoms with van der Waals surface area (Å²) in [5.74, 6) is 0.318. The van der Waals surface area contributed by atoms with Gasteiger partial charge in [0, 0.05) is 18.7 Å². The second-order valence-electron chi connectivity index (χ2n) is 4.23.